The van der Waals surface area contributed by atoms with E-state index in [-0.39, 0.29) is 31.1 Å². The lowest BCUT2D eigenvalue weighted by Crippen LogP contribution is -2.50. The first kappa shape index (κ1) is 37.1. The van der Waals surface area contributed by atoms with Crippen LogP contribution in [0.5, 0.6) is 0 Å². The molecule has 3 atom stereocenters. The number of unbranched alkanes of at least 4 members (excludes halogenated alkanes) is 3. The van der Waals surface area contributed by atoms with E-state index in [9.17, 15) is 14.7 Å². The van der Waals surface area contributed by atoms with E-state index in [1.54, 1.807) is 12.4 Å². The van der Waals surface area contributed by atoms with Crippen LogP contribution in [0.4, 0.5) is 5.95 Å². The molecule has 52 heavy (non-hydrogen) atoms. The van der Waals surface area contributed by atoms with Gasteiger partial charge in [-0.25, -0.2) is 9.97 Å². The molecule has 6 rings (SSSR count). The topological polar surface area (TPSA) is 137 Å². The van der Waals surface area contributed by atoms with Crippen molar-refractivity contribution < 1.29 is 29.3 Å². The van der Waals surface area contributed by atoms with Crippen LogP contribution in [-0.4, -0.2) is 75.8 Å². The van der Waals surface area contributed by atoms with Crippen molar-refractivity contribution in [2.75, 3.05) is 37.6 Å². The van der Waals surface area contributed by atoms with E-state index in [2.05, 4.69) is 49.4 Å². The van der Waals surface area contributed by atoms with E-state index in [1.165, 1.54) is 0 Å². The van der Waals surface area contributed by atoms with Crippen molar-refractivity contribution in [1.82, 2.24) is 20.2 Å². The van der Waals surface area contributed by atoms with Crippen LogP contribution in [0.2, 0.25) is 0 Å². The number of carbonyl (C=O) groups excluding carboxylic acids is 1. The van der Waals surface area contributed by atoms with Gasteiger partial charge in [-0.1, -0.05) is 73.5 Å². The normalized spacial score (nSPS) is 19.3. The van der Waals surface area contributed by atoms with Crippen molar-refractivity contribution >= 4 is 17.8 Å². The highest BCUT2D eigenvalue weighted by molar-refractivity contribution is 5.76. The molecule has 0 spiro atoms. The van der Waals surface area contributed by atoms with Gasteiger partial charge in [0.25, 0.3) is 0 Å². The number of nitrogens with zero attached hydrogens (tertiary/aromatic N) is 4. The van der Waals surface area contributed by atoms with E-state index in [1.807, 2.05) is 54.6 Å². The number of rotatable bonds is 16. The summed E-state index contributed by atoms with van der Waals surface area (Å²) < 4.78 is 13.4. The van der Waals surface area contributed by atoms with Crippen molar-refractivity contribution in [3.63, 3.8) is 0 Å². The maximum absolute atomic E-state index is 12.5. The third-order valence-electron chi connectivity index (χ3n) is 9.74. The Labute approximate surface area is 305 Å². The fraction of sp³-hybridized carbons (Fsp3) is 0.415. The number of aromatic nitrogens is 2. The summed E-state index contributed by atoms with van der Waals surface area (Å²) in [6.45, 7) is 4.70. The Morgan fingerprint density at radius 3 is 2.21 bits per heavy atom. The van der Waals surface area contributed by atoms with E-state index < -0.39 is 12.3 Å². The van der Waals surface area contributed by atoms with Crippen LogP contribution in [0, 0.1) is 0 Å². The fourth-order valence-electron chi connectivity index (χ4n) is 6.84. The van der Waals surface area contributed by atoms with E-state index in [0.717, 1.165) is 97.7 Å². The van der Waals surface area contributed by atoms with Crippen molar-refractivity contribution in [2.45, 2.75) is 76.6 Å². The molecule has 11 nitrogen and oxygen atoms in total. The van der Waals surface area contributed by atoms with E-state index in [0.29, 0.717) is 19.4 Å². The number of nitrogens with one attached hydrogen (secondary N) is 1. The van der Waals surface area contributed by atoms with Gasteiger partial charge in [0, 0.05) is 76.5 Å². The summed E-state index contributed by atoms with van der Waals surface area (Å²) in [6.07, 6.45) is 7.17. The number of aliphatic hydroxyl groups is 1. The highest BCUT2D eigenvalue weighted by atomic mass is 16.7. The quantitative estimate of drug-likeness (QED) is 0.118. The molecule has 274 valence electrons. The second-order valence-corrected chi connectivity index (χ2v) is 13.6. The van der Waals surface area contributed by atoms with Crippen molar-refractivity contribution in [1.29, 1.82) is 0 Å². The van der Waals surface area contributed by atoms with Crippen molar-refractivity contribution in [2.24, 2.45) is 0 Å². The van der Waals surface area contributed by atoms with Gasteiger partial charge in [-0.05, 0) is 58.9 Å². The Hall–Kier alpha value is -4.68. The molecular weight excluding hydrogens is 658 g/mol. The summed E-state index contributed by atoms with van der Waals surface area (Å²) in [5.74, 6) is -0.00778. The van der Waals surface area contributed by atoms with Crippen LogP contribution in [0.15, 0.2) is 91.3 Å². The summed E-state index contributed by atoms with van der Waals surface area (Å²) in [5, 5.41) is 21.4. The lowest BCUT2D eigenvalue weighted by molar-refractivity contribution is -0.253. The van der Waals surface area contributed by atoms with Crippen LogP contribution >= 0.6 is 0 Å². The van der Waals surface area contributed by atoms with E-state index in [4.69, 9.17) is 14.6 Å². The monoisotopic (exact) mass is 707 g/mol. The zero-order valence-corrected chi connectivity index (χ0v) is 29.6. The fourth-order valence-corrected chi connectivity index (χ4v) is 6.84. The summed E-state index contributed by atoms with van der Waals surface area (Å²) in [7, 11) is 0. The van der Waals surface area contributed by atoms with Gasteiger partial charge in [0.05, 0.1) is 18.8 Å². The SMILES string of the molecule is O=C(O)CCCCCCC(=O)NCc1cccc(-c2cccc(C3OC(CN4CCN(c5ncccn5)CC4)CC(c4ccc(CO)cc4)O3)c2)c1. The predicted octanol–water partition coefficient (Wildman–Crippen LogP) is 6.04. The summed E-state index contributed by atoms with van der Waals surface area (Å²) >= 11 is 0. The summed E-state index contributed by atoms with van der Waals surface area (Å²) in [4.78, 5) is 36.6. The molecule has 2 aliphatic rings. The molecular formula is C41H49N5O6. The highest BCUT2D eigenvalue weighted by Gasteiger charge is 2.34. The average Bonchev–Trinajstić information content (AvgIpc) is 3.19. The molecule has 0 bridgehead atoms. The van der Waals surface area contributed by atoms with Gasteiger partial charge >= 0.3 is 5.97 Å². The second kappa shape index (κ2) is 18.7. The number of hydrogen-bond acceptors (Lipinski definition) is 9. The second-order valence-electron chi connectivity index (χ2n) is 13.6. The highest BCUT2D eigenvalue weighted by Crippen LogP contribution is 2.39. The number of hydrogen-bond donors (Lipinski definition) is 3. The zero-order chi connectivity index (χ0) is 36.1. The maximum atomic E-state index is 12.5. The molecule has 2 saturated heterocycles. The third kappa shape index (κ3) is 10.7. The smallest absolute Gasteiger partial charge is 0.303 e. The lowest BCUT2D eigenvalue weighted by atomic mass is 9.98. The molecule has 1 amide bonds. The first-order valence-corrected chi connectivity index (χ1v) is 18.4. The Morgan fingerprint density at radius 1 is 0.769 bits per heavy atom. The zero-order valence-electron chi connectivity index (χ0n) is 29.6. The van der Waals surface area contributed by atoms with Gasteiger partial charge < -0.3 is 29.9 Å². The van der Waals surface area contributed by atoms with Gasteiger partial charge in [0.15, 0.2) is 6.29 Å². The van der Waals surface area contributed by atoms with Gasteiger partial charge in [-0.2, -0.15) is 0 Å². The molecule has 0 saturated carbocycles. The average molecular weight is 708 g/mol. The number of aliphatic carboxylic acids is 1. The Balaban J connectivity index is 1.09. The van der Waals surface area contributed by atoms with Gasteiger partial charge in [-0.3, -0.25) is 14.5 Å². The minimum Gasteiger partial charge on any atom is -0.481 e. The van der Waals surface area contributed by atoms with Crippen LogP contribution in [0.25, 0.3) is 11.1 Å². The molecule has 11 heteroatoms. The number of benzene rings is 3. The Morgan fingerprint density at radius 2 is 1.48 bits per heavy atom. The number of carboxylic acid groups (broad SMARTS) is 1. The van der Waals surface area contributed by atoms with Crippen LogP contribution < -0.4 is 10.2 Å². The van der Waals surface area contributed by atoms with E-state index >= 15 is 0 Å². The van der Waals surface area contributed by atoms with Crippen molar-refractivity contribution in [3.05, 3.63) is 114 Å². The first-order valence-electron chi connectivity index (χ1n) is 18.4. The molecule has 2 fully saturated rings. The Bertz CT molecular complexity index is 1730. The van der Waals surface area contributed by atoms with Gasteiger partial charge in [-0.15, -0.1) is 0 Å². The molecule has 4 aromatic rings. The van der Waals surface area contributed by atoms with Crippen molar-refractivity contribution in [3.8, 4) is 11.1 Å². The number of amides is 1. The molecule has 0 aliphatic carbocycles. The molecule has 3 aromatic carbocycles. The minimum absolute atomic E-state index is 0.000527. The Kier molecular flexibility index (Phi) is 13.3. The van der Waals surface area contributed by atoms with Gasteiger partial charge in [0.1, 0.15) is 0 Å². The third-order valence-corrected chi connectivity index (χ3v) is 9.74. The van der Waals surface area contributed by atoms with Crippen LogP contribution in [0.1, 0.15) is 79.6 Å². The molecule has 3 heterocycles. The first-order chi connectivity index (χ1) is 25.4. The number of piperazine rings is 1. The maximum Gasteiger partial charge on any atom is 0.303 e. The lowest BCUT2D eigenvalue weighted by Gasteiger charge is -2.40. The molecule has 0 radical (unpaired) electrons. The predicted molar refractivity (Wildman–Crippen MR) is 198 cm³/mol. The molecule has 3 N–H and O–H groups in total. The largest absolute Gasteiger partial charge is 0.481 e. The summed E-state index contributed by atoms with van der Waals surface area (Å²) in [5.41, 5.74) is 5.94. The van der Waals surface area contributed by atoms with Crippen LogP contribution in [0.3, 0.4) is 0 Å². The standard InChI is InChI=1S/C41H49N5O6/c47-29-30-14-16-32(17-15-30)37-26-36(28-45-20-22-46(23-21-45)41-42-18-7-19-43-41)51-40(52-37)35-11-6-10-34(25-35)33-9-5-8-31(24-33)27-44-38(48)12-3-1-2-4-13-39(49)50/h5-11,14-19,24-25,36-37,40,47H,1-4,12-13,20-23,26-29H2,(H,44,48)(H,49,50). The molecule has 3 unspecified atom stereocenters. The number of carbonyl (C=O) groups is 2. The molecule has 1 aromatic heterocycles. The number of ether oxygens (including phenoxy) is 2. The number of anilines is 1. The molecule has 2 aliphatic heterocycles. The number of carboxylic acids is 1. The van der Waals surface area contributed by atoms with Gasteiger partial charge in [0.2, 0.25) is 11.9 Å². The van der Waals surface area contributed by atoms with Crippen LogP contribution in [-0.2, 0) is 32.2 Å². The minimum atomic E-state index is -0.775. The summed E-state index contributed by atoms with van der Waals surface area (Å²) in [6, 6.07) is 26.3. The number of aliphatic hydroxyl groups excluding tert-OH is 1.